The van der Waals surface area contributed by atoms with Crippen molar-refractivity contribution in [1.29, 1.82) is 0 Å². The topological polar surface area (TPSA) is 44.8 Å². The fourth-order valence-corrected chi connectivity index (χ4v) is 6.56. The maximum absolute atomic E-state index is 15.1. The zero-order chi connectivity index (χ0) is 33.7. The molecule has 0 saturated heterocycles. The lowest BCUT2D eigenvalue weighted by atomic mass is 9.72. The number of carbonyl (C=O) groups excluding carboxylic acids is 1. The third-order valence-electron chi connectivity index (χ3n) is 9.20. The summed E-state index contributed by atoms with van der Waals surface area (Å²) in [6.07, 6.45) is 7.66. The molecule has 0 heterocycles. The first-order valence-corrected chi connectivity index (χ1v) is 16.2. The molecule has 0 aromatic heterocycles. The third kappa shape index (κ3) is 7.47. The second-order valence-corrected chi connectivity index (χ2v) is 12.1. The van der Waals surface area contributed by atoms with Crippen molar-refractivity contribution >= 4 is 11.5 Å². The number of hydrogen-bond donors (Lipinski definition) is 0. The van der Waals surface area contributed by atoms with Gasteiger partial charge in [0, 0.05) is 16.7 Å². The van der Waals surface area contributed by atoms with E-state index in [1.165, 1.54) is 6.07 Å². The van der Waals surface area contributed by atoms with Crippen LogP contribution in [0.1, 0.15) is 87.6 Å². The number of hydrogen-bond acceptors (Lipinski definition) is 4. The molecule has 3 aromatic rings. The Labute approximate surface area is 270 Å². The van der Waals surface area contributed by atoms with Gasteiger partial charge in [0.25, 0.3) is 0 Å². The fourth-order valence-electron chi connectivity index (χ4n) is 6.56. The second kappa shape index (κ2) is 15.3. The number of halogens is 6. The molecule has 4 nitrogen and oxygen atoms in total. The van der Waals surface area contributed by atoms with Crippen molar-refractivity contribution in [3.63, 3.8) is 0 Å². The van der Waals surface area contributed by atoms with Crippen molar-refractivity contribution in [1.82, 2.24) is 0 Å². The summed E-state index contributed by atoms with van der Waals surface area (Å²) < 4.78 is 104. The standard InChI is InChI=1S/C37H38F6O4/c1-3-5-20-46-30-19-17-27(33(40)36(30)43)26-14-15-28(34(41)32(26)39)37(44)47-24-12-10-22(11-13-24)21-6-8-23(9-7-21)25-16-18-29(45-4-2)35(42)31(25)38/h8,14-19,21-22,24H,3-7,9-13,20H2,1-2H3. The van der Waals surface area contributed by atoms with E-state index in [0.29, 0.717) is 43.9 Å². The molecule has 1 saturated carbocycles. The van der Waals surface area contributed by atoms with Crippen molar-refractivity contribution in [3.8, 4) is 22.6 Å². The number of ether oxygens (including phenoxy) is 3. The zero-order valence-electron chi connectivity index (χ0n) is 26.5. The molecule has 1 unspecified atom stereocenters. The van der Waals surface area contributed by atoms with Crippen LogP contribution in [0.25, 0.3) is 16.7 Å². The fraction of sp³-hybridized carbons (Fsp3) is 0.432. The lowest BCUT2D eigenvalue weighted by molar-refractivity contribution is 0.0123. The molecule has 1 fully saturated rings. The van der Waals surface area contributed by atoms with Crippen LogP contribution in [-0.4, -0.2) is 25.3 Å². The molecule has 3 aromatic carbocycles. The number of allylic oxidation sites excluding steroid dienone is 2. The first-order valence-electron chi connectivity index (χ1n) is 16.2. The minimum absolute atomic E-state index is 0.105. The van der Waals surface area contributed by atoms with Gasteiger partial charge in [0.2, 0.25) is 11.6 Å². The Balaban J connectivity index is 1.17. The van der Waals surface area contributed by atoms with Gasteiger partial charge in [-0.15, -0.1) is 0 Å². The summed E-state index contributed by atoms with van der Waals surface area (Å²) >= 11 is 0. The van der Waals surface area contributed by atoms with E-state index in [0.717, 1.165) is 55.5 Å². The van der Waals surface area contributed by atoms with Crippen molar-refractivity contribution in [3.05, 3.63) is 88.5 Å². The third-order valence-corrected chi connectivity index (χ3v) is 9.20. The Morgan fingerprint density at radius 2 is 1.28 bits per heavy atom. The van der Waals surface area contributed by atoms with Crippen LogP contribution in [0.15, 0.2) is 42.5 Å². The van der Waals surface area contributed by atoms with Crippen molar-refractivity contribution < 1.29 is 45.3 Å². The van der Waals surface area contributed by atoms with Crippen LogP contribution in [0.3, 0.4) is 0 Å². The van der Waals surface area contributed by atoms with E-state index >= 15 is 8.78 Å². The second-order valence-electron chi connectivity index (χ2n) is 12.1. The lowest BCUT2D eigenvalue weighted by Crippen LogP contribution is -2.28. The van der Waals surface area contributed by atoms with Crippen molar-refractivity contribution in [2.45, 2.75) is 77.7 Å². The van der Waals surface area contributed by atoms with Crippen LogP contribution in [-0.2, 0) is 4.74 Å². The molecule has 0 radical (unpaired) electrons. The molecule has 1 atom stereocenters. The van der Waals surface area contributed by atoms with Gasteiger partial charge in [0.15, 0.2) is 34.8 Å². The Morgan fingerprint density at radius 3 is 1.89 bits per heavy atom. The molecular formula is C37H38F6O4. The van der Waals surface area contributed by atoms with E-state index in [1.54, 1.807) is 13.0 Å². The number of benzene rings is 3. The van der Waals surface area contributed by atoms with E-state index < -0.39 is 63.7 Å². The van der Waals surface area contributed by atoms with Crippen molar-refractivity contribution in [2.75, 3.05) is 13.2 Å². The Hall–Kier alpha value is -3.95. The van der Waals surface area contributed by atoms with Gasteiger partial charge in [0.05, 0.1) is 18.8 Å². The predicted octanol–water partition coefficient (Wildman–Crippen LogP) is 10.4. The highest BCUT2D eigenvalue weighted by atomic mass is 19.2. The van der Waals surface area contributed by atoms with Gasteiger partial charge in [-0.2, -0.15) is 8.78 Å². The molecule has 47 heavy (non-hydrogen) atoms. The highest BCUT2D eigenvalue weighted by Gasteiger charge is 2.32. The lowest BCUT2D eigenvalue weighted by Gasteiger charge is -2.35. The first kappa shape index (κ1) is 34.4. The summed E-state index contributed by atoms with van der Waals surface area (Å²) in [4.78, 5) is 12.8. The van der Waals surface area contributed by atoms with Gasteiger partial charge >= 0.3 is 5.97 Å². The number of unbranched alkanes of at least 4 members (excludes halogenated alkanes) is 1. The Bertz CT molecular complexity index is 1630. The van der Waals surface area contributed by atoms with Crippen LogP contribution in [0.4, 0.5) is 26.3 Å². The molecule has 2 aliphatic rings. The molecule has 2 aliphatic carbocycles. The summed E-state index contributed by atoms with van der Waals surface area (Å²) in [5.41, 5.74) is -0.640. The summed E-state index contributed by atoms with van der Waals surface area (Å²) in [6.45, 7) is 4.04. The van der Waals surface area contributed by atoms with Crippen LogP contribution >= 0.6 is 0 Å². The number of carbonyl (C=O) groups is 1. The summed E-state index contributed by atoms with van der Waals surface area (Å²) in [6, 6.07) is 7.30. The highest BCUT2D eigenvalue weighted by Crippen LogP contribution is 2.42. The van der Waals surface area contributed by atoms with E-state index in [1.807, 2.05) is 13.0 Å². The first-order chi connectivity index (χ1) is 22.6. The average molecular weight is 661 g/mol. The van der Waals surface area contributed by atoms with E-state index in [9.17, 15) is 22.4 Å². The summed E-state index contributed by atoms with van der Waals surface area (Å²) in [5, 5.41) is 0. The van der Waals surface area contributed by atoms with Crippen LogP contribution in [0.2, 0.25) is 0 Å². The maximum Gasteiger partial charge on any atom is 0.341 e. The van der Waals surface area contributed by atoms with Crippen LogP contribution in [0.5, 0.6) is 11.5 Å². The minimum Gasteiger partial charge on any atom is -0.491 e. The predicted molar refractivity (Wildman–Crippen MR) is 166 cm³/mol. The molecule has 0 N–H and O–H groups in total. The van der Waals surface area contributed by atoms with Crippen LogP contribution in [0, 0.1) is 46.7 Å². The van der Waals surface area contributed by atoms with Gasteiger partial charge in [-0.1, -0.05) is 25.5 Å². The number of rotatable bonds is 11. The smallest absolute Gasteiger partial charge is 0.341 e. The molecule has 0 bridgehead atoms. The Kier molecular flexibility index (Phi) is 11.2. The van der Waals surface area contributed by atoms with Gasteiger partial charge in [-0.05, 0) is 106 Å². The van der Waals surface area contributed by atoms with Gasteiger partial charge in [-0.25, -0.2) is 22.4 Å². The molecule has 0 spiro atoms. The SMILES string of the molecule is CCCCOc1ccc(-c2ccc(C(=O)OC3CCC(C4CC=C(c5ccc(OCC)c(F)c5F)CC4)CC3)c(F)c2F)c(F)c1F. The largest absolute Gasteiger partial charge is 0.491 e. The van der Waals surface area contributed by atoms with Crippen LogP contribution < -0.4 is 9.47 Å². The summed E-state index contributed by atoms with van der Waals surface area (Å²) in [7, 11) is 0. The zero-order valence-corrected chi connectivity index (χ0v) is 26.5. The molecule has 252 valence electrons. The van der Waals surface area contributed by atoms with Crippen molar-refractivity contribution in [2.24, 2.45) is 11.8 Å². The maximum atomic E-state index is 15.1. The van der Waals surface area contributed by atoms with Gasteiger partial charge in [0.1, 0.15) is 6.10 Å². The molecule has 0 amide bonds. The van der Waals surface area contributed by atoms with E-state index in [-0.39, 0.29) is 30.3 Å². The molecule has 0 aliphatic heterocycles. The average Bonchev–Trinajstić information content (AvgIpc) is 3.07. The number of esters is 1. The molecule has 10 heteroatoms. The van der Waals surface area contributed by atoms with Gasteiger partial charge < -0.3 is 14.2 Å². The summed E-state index contributed by atoms with van der Waals surface area (Å²) in [5.74, 6) is -8.34. The monoisotopic (exact) mass is 660 g/mol. The molecule has 5 rings (SSSR count). The van der Waals surface area contributed by atoms with Gasteiger partial charge in [-0.3, -0.25) is 0 Å². The quantitative estimate of drug-likeness (QED) is 0.117. The minimum atomic E-state index is -1.50. The normalized spacial score (nSPS) is 19.7. The molecular weight excluding hydrogens is 622 g/mol. The highest BCUT2D eigenvalue weighted by molar-refractivity contribution is 5.90. The Morgan fingerprint density at radius 1 is 0.681 bits per heavy atom. The van der Waals surface area contributed by atoms with E-state index in [2.05, 4.69) is 0 Å². The van der Waals surface area contributed by atoms with E-state index in [4.69, 9.17) is 14.2 Å².